The van der Waals surface area contributed by atoms with E-state index < -0.39 is 0 Å². The maximum atomic E-state index is 12.7. The summed E-state index contributed by atoms with van der Waals surface area (Å²) < 4.78 is 0. The second-order valence-corrected chi connectivity index (χ2v) is 6.10. The molecule has 1 aliphatic heterocycles. The maximum absolute atomic E-state index is 12.7. The quantitative estimate of drug-likeness (QED) is 0.760. The van der Waals surface area contributed by atoms with Crippen LogP contribution in [0, 0.1) is 17.8 Å². The molecule has 1 saturated carbocycles. The van der Waals surface area contributed by atoms with E-state index in [4.69, 9.17) is 0 Å². The molecular weight excluding hydrogens is 226 g/mol. The zero-order valence-electron chi connectivity index (χ0n) is 10.9. The Morgan fingerprint density at radius 1 is 1.22 bits per heavy atom. The minimum absolute atomic E-state index is 0.0723. The van der Waals surface area contributed by atoms with Gasteiger partial charge in [0.25, 0.3) is 0 Å². The molecule has 1 N–H and O–H groups in total. The van der Waals surface area contributed by atoms with Crippen molar-refractivity contribution in [2.75, 3.05) is 13.2 Å². The van der Waals surface area contributed by atoms with Crippen molar-refractivity contribution in [3.05, 3.63) is 12.2 Å². The number of aliphatic hydroxyl groups is 1. The summed E-state index contributed by atoms with van der Waals surface area (Å²) in [5.74, 6) is 1.63. The summed E-state index contributed by atoms with van der Waals surface area (Å²) in [5, 5.41) is 9.50. The number of carbonyl (C=O) groups is 1. The molecule has 0 aromatic carbocycles. The molecule has 0 spiro atoms. The van der Waals surface area contributed by atoms with Crippen LogP contribution in [0.15, 0.2) is 12.2 Å². The zero-order valence-corrected chi connectivity index (χ0v) is 10.9. The van der Waals surface area contributed by atoms with Crippen molar-refractivity contribution in [2.45, 2.75) is 44.6 Å². The molecule has 4 unspecified atom stereocenters. The average molecular weight is 249 g/mol. The normalized spacial score (nSPS) is 39.1. The number of amides is 1. The summed E-state index contributed by atoms with van der Waals surface area (Å²) >= 11 is 0. The van der Waals surface area contributed by atoms with Crippen LogP contribution in [-0.2, 0) is 4.79 Å². The average Bonchev–Trinajstić information content (AvgIpc) is 2.93. The van der Waals surface area contributed by atoms with Crippen LogP contribution in [-0.4, -0.2) is 35.1 Å². The molecule has 0 aromatic rings. The monoisotopic (exact) mass is 249 g/mol. The molecule has 1 heterocycles. The van der Waals surface area contributed by atoms with Gasteiger partial charge in [0.15, 0.2) is 0 Å². The first kappa shape index (κ1) is 12.2. The van der Waals surface area contributed by atoms with Crippen LogP contribution in [0.1, 0.15) is 38.5 Å². The molecule has 0 aromatic heterocycles. The minimum Gasteiger partial charge on any atom is -0.394 e. The Morgan fingerprint density at radius 2 is 2.11 bits per heavy atom. The molecule has 2 aliphatic carbocycles. The van der Waals surface area contributed by atoms with Gasteiger partial charge in [0.2, 0.25) is 5.91 Å². The van der Waals surface area contributed by atoms with E-state index in [1.807, 2.05) is 4.90 Å². The van der Waals surface area contributed by atoms with Gasteiger partial charge in [-0.05, 0) is 37.5 Å². The largest absolute Gasteiger partial charge is 0.394 e. The van der Waals surface area contributed by atoms with Crippen molar-refractivity contribution in [3.63, 3.8) is 0 Å². The number of allylic oxidation sites excluding steroid dienone is 2. The number of aliphatic hydroxyl groups excluding tert-OH is 1. The molecule has 4 atom stereocenters. The summed E-state index contributed by atoms with van der Waals surface area (Å²) in [6.45, 7) is 0.976. The van der Waals surface area contributed by atoms with E-state index in [9.17, 15) is 9.90 Å². The summed E-state index contributed by atoms with van der Waals surface area (Å²) in [5.41, 5.74) is 0. The molecule has 1 saturated heterocycles. The second-order valence-electron chi connectivity index (χ2n) is 6.10. The van der Waals surface area contributed by atoms with E-state index in [1.165, 1.54) is 12.8 Å². The predicted octanol–water partition coefficient (Wildman–Crippen LogP) is 1.96. The number of rotatable bonds is 2. The van der Waals surface area contributed by atoms with E-state index in [1.54, 1.807) is 0 Å². The molecular formula is C15H23NO2. The third kappa shape index (κ3) is 2.09. The Balaban J connectivity index is 1.72. The third-order valence-electron chi connectivity index (χ3n) is 4.97. The fourth-order valence-electron chi connectivity index (χ4n) is 3.93. The van der Waals surface area contributed by atoms with Gasteiger partial charge in [-0.2, -0.15) is 0 Å². The van der Waals surface area contributed by atoms with Gasteiger partial charge in [0, 0.05) is 12.5 Å². The Labute approximate surface area is 109 Å². The lowest BCUT2D eigenvalue weighted by Crippen LogP contribution is -2.45. The van der Waals surface area contributed by atoms with Crippen molar-refractivity contribution in [1.82, 2.24) is 4.90 Å². The lowest BCUT2D eigenvalue weighted by molar-refractivity contribution is -0.139. The predicted molar refractivity (Wildman–Crippen MR) is 69.9 cm³/mol. The summed E-state index contributed by atoms with van der Waals surface area (Å²) in [6.07, 6.45) is 11.1. The van der Waals surface area contributed by atoms with E-state index in [2.05, 4.69) is 12.2 Å². The molecule has 2 bridgehead atoms. The highest BCUT2D eigenvalue weighted by Gasteiger charge is 2.42. The van der Waals surface area contributed by atoms with E-state index in [0.717, 1.165) is 32.2 Å². The molecule has 3 rings (SSSR count). The Bertz CT molecular complexity index is 352. The topological polar surface area (TPSA) is 40.5 Å². The first-order valence-electron chi connectivity index (χ1n) is 7.39. The number of likely N-dealkylation sites (tertiary alicyclic amines) is 1. The maximum Gasteiger partial charge on any atom is 0.226 e. The van der Waals surface area contributed by atoms with E-state index >= 15 is 0 Å². The summed E-state index contributed by atoms with van der Waals surface area (Å²) in [7, 11) is 0. The Hall–Kier alpha value is -0.830. The van der Waals surface area contributed by atoms with Gasteiger partial charge in [-0.3, -0.25) is 4.79 Å². The molecule has 2 fully saturated rings. The molecule has 3 heteroatoms. The summed E-state index contributed by atoms with van der Waals surface area (Å²) in [6, 6.07) is 0.0723. The number of fused-ring (bicyclic) bond motifs is 2. The van der Waals surface area contributed by atoms with Crippen molar-refractivity contribution < 1.29 is 9.90 Å². The first-order chi connectivity index (χ1) is 8.79. The molecule has 3 nitrogen and oxygen atoms in total. The first-order valence-corrected chi connectivity index (χ1v) is 7.39. The molecule has 1 amide bonds. The zero-order chi connectivity index (χ0) is 12.5. The highest BCUT2D eigenvalue weighted by molar-refractivity contribution is 5.80. The number of hydrogen-bond donors (Lipinski definition) is 1. The fourth-order valence-corrected chi connectivity index (χ4v) is 3.93. The lowest BCUT2D eigenvalue weighted by Gasteiger charge is -2.32. The van der Waals surface area contributed by atoms with Crippen LogP contribution in [0.4, 0.5) is 0 Å². The third-order valence-corrected chi connectivity index (χ3v) is 4.97. The standard InChI is InChI=1S/C15H23NO2/c17-10-13-4-2-1-3-7-16(13)15(18)14-9-11-5-6-12(14)8-11/h5-6,11-14,17H,1-4,7-10H2. The van der Waals surface area contributed by atoms with Crippen molar-refractivity contribution in [2.24, 2.45) is 17.8 Å². The van der Waals surface area contributed by atoms with Crippen LogP contribution in [0.2, 0.25) is 0 Å². The smallest absolute Gasteiger partial charge is 0.226 e. The van der Waals surface area contributed by atoms with Gasteiger partial charge >= 0.3 is 0 Å². The van der Waals surface area contributed by atoms with Gasteiger partial charge in [-0.1, -0.05) is 25.0 Å². The van der Waals surface area contributed by atoms with Gasteiger partial charge in [-0.15, -0.1) is 0 Å². The Kier molecular flexibility index (Phi) is 3.42. The molecule has 100 valence electrons. The van der Waals surface area contributed by atoms with Gasteiger partial charge < -0.3 is 10.0 Å². The van der Waals surface area contributed by atoms with Crippen LogP contribution >= 0.6 is 0 Å². The van der Waals surface area contributed by atoms with E-state index in [-0.39, 0.29) is 18.6 Å². The van der Waals surface area contributed by atoms with Gasteiger partial charge in [0.1, 0.15) is 0 Å². The van der Waals surface area contributed by atoms with Crippen LogP contribution in [0.25, 0.3) is 0 Å². The van der Waals surface area contributed by atoms with Crippen molar-refractivity contribution in [3.8, 4) is 0 Å². The van der Waals surface area contributed by atoms with Gasteiger partial charge in [-0.25, -0.2) is 0 Å². The van der Waals surface area contributed by atoms with Crippen LogP contribution < -0.4 is 0 Å². The van der Waals surface area contributed by atoms with Gasteiger partial charge in [0.05, 0.1) is 12.6 Å². The van der Waals surface area contributed by atoms with E-state index in [0.29, 0.717) is 17.7 Å². The van der Waals surface area contributed by atoms with Crippen LogP contribution in [0.5, 0.6) is 0 Å². The van der Waals surface area contributed by atoms with Crippen LogP contribution in [0.3, 0.4) is 0 Å². The SMILES string of the molecule is O=C(C1CC2C=CC1C2)N1CCCCCC1CO. The highest BCUT2D eigenvalue weighted by Crippen LogP contribution is 2.44. The number of carbonyl (C=O) groups excluding carboxylic acids is 1. The molecule has 3 aliphatic rings. The minimum atomic E-state index is 0.0723. The van der Waals surface area contributed by atoms with Crippen molar-refractivity contribution in [1.29, 1.82) is 0 Å². The second kappa shape index (κ2) is 5.04. The highest BCUT2D eigenvalue weighted by atomic mass is 16.3. The van der Waals surface area contributed by atoms with Crippen molar-refractivity contribution >= 4 is 5.91 Å². The molecule has 18 heavy (non-hydrogen) atoms. The Morgan fingerprint density at radius 3 is 2.78 bits per heavy atom. The fraction of sp³-hybridized carbons (Fsp3) is 0.800. The number of nitrogens with zero attached hydrogens (tertiary/aromatic N) is 1. The molecule has 0 radical (unpaired) electrons. The number of hydrogen-bond acceptors (Lipinski definition) is 2. The lowest BCUT2D eigenvalue weighted by atomic mass is 9.91. The summed E-state index contributed by atoms with van der Waals surface area (Å²) in [4.78, 5) is 14.7.